The standard InChI is InChI=1S/C26H23F6NO3/c1-15(2)23(34)36-24(4,5)16(3)35-22-8-6-17(7-9-22)10-19(14-33)18-11-20(25(27,28)29)13-21(12-18)26(30,31)32/h6-13,16H,1H2,2-5H3/b19-10+. The molecule has 0 radical (unpaired) electrons. The third-order valence-electron chi connectivity index (χ3n) is 5.21. The monoisotopic (exact) mass is 511 g/mol. The number of carbonyl (C=O) groups is 1. The van der Waals surface area contributed by atoms with Gasteiger partial charge in [-0.1, -0.05) is 18.7 Å². The normalized spacial score (nSPS) is 13.5. The lowest BCUT2D eigenvalue weighted by Gasteiger charge is -2.31. The van der Waals surface area contributed by atoms with E-state index in [4.69, 9.17) is 9.47 Å². The molecule has 0 N–H and O–H groups in total. The number of hydrogen-bond donors (Lipinski definition) is 0. The molecule has 0 spiro atoms. The Bertz CT molecular complexity index is 1170. The first kappa shape index (κ1) is 28.5. The molecule has 2 aromatic carbocycles. The van der Waals surface area contributed by atoms with Crippen LogP contribution in [0.4, 0.5) is 26.3 Å². The van der Waals surface area contributed by atoms with E-state index >= 15 is 0 Å². The van der Waals surface area contributed by atoms with E-state index in [-0.39, 0.29) is 17.2 Å². The van der Waals surface area contributed by atoms with E-state index < -0.39 is 46.7 Å². The third-order valence-corrected chi connectivity index (χ3v) is 5.21. The van der Waals surface area contributed by atoms with Crippen molar-refractivity contribution in [2.45, 2.75) is 51.8 Å². The zero-order chi connectivity index (χ0) is 27.5. The Morgan fingerprint density at radius 1 is 1.00 bits per heavy atom. The summed E-state index contributed by atoms with van der Waals surface area (Å²) in [5.41, 5.74) is -4.38. The zero-order valence-electron chi connectivity index (χ0n) is 19.8. The van der Waals surface area contributed by atoms with Gasteiger partial charge in [0.15, 0.2) is 0 Å². The van der Waals surface area contributed by atoms with E-state index in [1.54, 1.807) is 26.8 Å². The Balaban J connectivity index is 2.33. The summed E-state index contributed by atoms with van der Waals surface area (Å²) in [6.07, 6.45) is -9.48. The second-order valence-corrected chi connectivity index (χ2v) is 8.57. The Morgan fingerprint density at radius 2 is 1.50 bits per heavy atom. The average molecular weight is 511 g/mol. The van der Waals surface area contributed by atoms with Gasteiger partial charge in [-0.05, 0) is 75.2 Å². The highest BCUT2D eigenvalue weighted by Crippen LogP contribution is 2.38. The van der Waals surface area contributed by atoms with Crippen LogP contribution >= 0.6 is 0 Å². The number of esters is 1. The van der Waals surface area contributed by atoms with Crippen LogP contribution in [0.3, 0.4) is 0 Å². The van der Waals surface area contributed by atoms with Crippen LogP contribution in [0.1, 0.15) is 49.9 Å². The summed E-state index contributed by atoms with van der Waals surface area (Å²) in [6, 6.07) is 8.61. The van der Waals surface area contributed by atoms with Gasteiger partial charge in [-0.3, -0.25) is 0 Å². The molecule has 0 aliphatic heterocycles. The first-order valence-corrected chi connectivity index (χ1v) is 10.5. The summed E-state index contributed by atoms with van der Waals surface area (Å²) >= 11 is 0. The highest BCUT2D eigenvalue weighted by molar-refractivity contribution is 5.90. The van der Waals surface area contributed by atoms with Crippen molar-refractivity contribution in [3.63, 3.8) is 0 Å². The number of benzene rings is 2. The molecule has 1 unspecified atom stereocenters. The molecule has 1 atom stereocenters. The molecule has 0 aromatic heterocycles. The van der Waals surface area contributed by atoms with Crippen molar-refractivity contribution in [3.05, 3.63) is 76.9 Å². The molecule has 4 nitrogen and oxygen atoms in total. The van der Waals surface area contributed by atoms with Gasteiger partial charge in [0.25, 0.3) is 0 Å². The largest absolute Gasteiger partial charge is 0.487 e. The fourth-order valence-electron chi connectivity index (χ4n) is 2.85. The minimum Gasteiger partial charge on any atom is -0.487 e. The molecule has 0 aliphatic rings. The van der Waals surface area contributed by atoms with Crippen molar-refractivity contribution >= 4 is 17.6 Å². The fourth-order valence-corrected chi connectivity index (χ4v) is 2.85. The van der Waals surface area contributed by atoms with Gasteiger partial charge in [0, 0.05) is 5.57 Å². The quantitative estimate of drug-likeness (QED) is 0.127. The Hall–Kier alpha value is -3.74. The van der Waals surface area contributed by atoms with Gasteiger partial charge in [0.2, 0.25) is 0 Å². The summed E-state index contributed by atoms with van der Waals surface area (Å²) in [6.45, 7) is 10.0. The molecule has 36 heavy (non-hydrogen) atoms. The molecule has 0 amide bonds. The number of carbonyl (C=O) groups excluding carboxylic acids is 1. The number of nitriles is 1. The molecular weight excluding hydrogens is 488 g/mol. The minimum absolute atomic E-state index is 0.000924. The number of rotatable bonds is 7. The topological polar surface area (TPSA) is 59.3 Å². The molecule has 0 saturated carbocycles. The van der Waals surface area contributed by atoms with Crippen LogP contribution in [0, 0.1) is 11.3 Å². The van der Waals surface area contributed by atoms with Crippen LogP contribution in [-0.4, -0.2) is 17.7 Å². The lowest BCUT2D eigenvalue weighted by atomic mass is 9.98. The molecule has 0 fully saturated rings. The van der Waals surface area contributed by atoms with Crippen LogP contribution < -0.4 is 4.74 Å². The Kier molecular flexibility index (Phi) is 8.30. The van der Waals surface area contributed by atoms with Crippen LogP contribution in [0.2, 0.25) is 0 Å². The predicted octanol–water partition coefficient (Wildman–Crippen LogP) is 7.45. The van der Waals surface area contributed by atoms with Crippen molar-refractivity contribution in [1.29, 1.82) is 5.26 Å². The molecule has 0 aliphatic carbocycles. The van der Waals surface area contributed by atoms with Gasteiger partial charge in [-0.15, -0.1) is 0 Å². The maximum absolute atomic E-state index is 13.2. The minimum atomic E-state index is -5.03. The van der Waals surface area contributed by atoms with Crippen molar-refractivity contribution in [2.75, 3.05) is 0 Å². The number of halogens is 6. The molecule has 10 heteroatoms. The summed E-state index contributed by atoms with van der Waals surface area (Å²) < 4.78 is 90.1. The number of ether oxygens (including phenoxy) is 2. The number of hydrogen-bond acceptors (Lipinski definition) is 4. The lowest BCUT2D eigenvalue weighted by Crippen LogP contribution is -2.42. The molecule has 0 bridgehead atoms. The SMILES string of the molecule is C=C(C)C(=O)OC(C)(C)C(C)Oc1ccc(/C=C(\C#N)c2cc(C(F)(F)F)cc(C(F)(F)F)c2)cc1. The first-order chi connectivity index (χ1) is 16.4. The maximum Gasteiger partial charge on any atom is 0.416 e. The van der Waals surface area contributed by atoms with Crippen LogP contribution in [0.5, 0.6) is 5.75 Å². The van der Waals surface area contributed by atoms with Gasteiger partial charge < -0.3 is 9.47 Å². The maximum atomic E-state index is 13.2. The van der Waals surface area contributed by atoms with Crippen LogP contribution in [0.15, 0.2) is 54.6 Å². The predicted molar refractivity (Wildman–Crippen MR) is 121 cm³/mol. The molecule has 0 saturated heterocycles. The summed E-state index contributed by atoms with van der Waals surface area (Å²) in [5, 5.41) is 9.45. The van der Waals surface area contributed by atoms with Crippen molar-refractivity contribution in [2.24, 2.45) is 0 Å². The smallest absolute Gasteiger partial charge is 0.416 e. The van der Waals surface area contributed by atoms with Gasteiger partial charge in [-0.25, -0.2) is 4.79 Å². The zero-order valence-corrected chi connectivity index (χ0v) is 19.8. The fraction of sp³-hybridized carbons (Fsp3) is 0.308. The summed E-state index contributed by atoms with van der Waals surface area (Å²) in [7, 11) is 0. The third kappa shape index (κ3) is 7.38. The van der Waals surface area contributed by atoms with Crippen molar-refractivity contribution < 1.29 is 40.6 Å². The molecule has 2 rings (SSSR count). The highest BCUT2D eigenvalue weighted by atomic mass is 19.4. The number of allylic oxidation sites excluding steroid dienone is 1. The average Bonchev–Trinajstić information content (AvgIpc) is 2.76. The van der Waals surface area contributed by atoms with Gasteiger partial charge in [-0.2, -0.15) is 31.6 Å². The van der Waals surface area contributed by atoms with E-state index in [9.17, 15) is 36.4 Å². The molecule has 0 heterocycles. The highest BCUT2D eigenvalue weighted by Gasteiger charge is 2.37. The molecule has 2 aromatic rings. The van der Waals surface area contributed by atoms with E-state index in [2.05, 4.69) is 6.58 Å². The summed E-state index contributed by atoms with van der Waals surface area (Å²) in [5.74, 6) is -0.223. The van der Waals surface area contributed by atoms with Gasteiger partial charge in [0.1, 0.15) is 17.5 Å². The first-order valence-electron chi connectivity index (χ1n) is 10.5. The molecule has 192 valence electrons. The van der Waals surface area contributed by atoms with Crippen molar-refractivity contribution in [1.82, 2.24) is 0 Å². The molecular formula is C26H23F6NO3. The second kappa shape index (κ2) is 10.5. The second-order valence-electron chi connectivity index (χ2n) is 8.57. The van der Waals surface area contributed by atoms with Crippen LogP contribution in [-0.2, 0) is 21.9 Å². The van der Waals surface area contributed by atoms with Crippen LogP contribution in [0.25, 0.3) is 11.6 Å². The van der Waals surface area contributed by atoms with Gasteiger partial charge >= 0.3 is 18.3 Å². The number of nitrogens with zero attached hydrogens (tertiary/aromatic N) is 1. The summed E-state index contributed by atoms with van der Waals surface area (Å²) in [4.78, 5) is 11.8. The van der Waals surface area contributed by atoms with E-state index in [1.165, 1.54) is 37.3 Å². The Labute approximate surface area is 204 Å². The number of alkyl halides is 6. The van der Waals surface area contributed by atoms with Crippen molar-refractivity contribution in [3.8, 4) is 11.8 Å². The van der Waals surface area contributed by atoms with Gasteiger partial charge in [0.05, 0.1) is 22.8 Å². The van der Waals surface area contributed by atoms with E-state index in [0.717, 1.165) is 0 Å². The Morgan fingerprint density at radius 3 is 1.92 bits per heavy atom. The van der Waals surface area contributed by atoms with E-state index in [1.807, 2.05) is 0 Å². The van der Waals surface area contributed by atoms with E-state index in [0.29, 0.717) is 23.4 Å². The lowest BCUT2D eigenvalue weighted by molar-refractivity contribution is -0.159.